The normalized spacial score (nSPS) is 10.5. The summed E-state index contributed by atoms with van der Waals surface area (Å²) in [6.07, 6.45) is 3.47. The van der Waals surface area contributed by atoms with E-state index in [0.717, 1.165) is 22.3 Å². The molecule has 1 amide bonds. The second-order valence-electron chi connectivity index (χ2n) is 5.72. The number of primary amides is 1. The molecule has 1 heterocycles. The molecular formula is C20H17FN2O2. The van der Waals surface area contributed by atoms with E-state index in [0.29, 0.717) is 17.9 Å². The zero-order valence-electron chi connectivity index (χ0n) is 13.7. The van der Waals surface area contributed by atoms with E-state index in [1.54, 1.807) is 30.6 Å². The van der Waals surface area contributed by atoms with E-state index in [9.17, 15) is 9.18 Å². The summed E-state index contributed by atoms with van der Waals surface area (Å²) in [7, 11) is 0. The molecule has 126 valence electrons. The Labute approximate surface area is 145 Å². The lowest BCUT2D eigenvalue weighted by molar-refractivity contribution is 0.0999. The number of hydrogen-bond donors (Lipinski definition) is 1. The number of ether oxygens (including phenoxy) is 1. The summed E-state index contributed by atoms with van der Waals surface area (Å²) >= 11 is 0. The number of aromatic nitrogens is 1. The highest BCUT2D eigenvalue weighted by Gasteiger charge is 2.07. The van der Waals surface area contributed by atoms with Crippen molar-refractivity contribution in [3.05, 3.63) is 83.4 Å². The smallest absolute Gasteiger partial charge is 0.248 e. The maximum atomic E-state index is 12.9. The van der Waals surface area contributed by atoms with Crippen LogP contribution in [-0.4, -0.2) is 10.9 Å². The van der Waals surface area contributed by atoms with Crippen LogP contribution < -0.4 is 10.5 Å². The fourth-order valence-corrected chi connectivity index (χ4v) is 2.54. The zero-order chi connectivity index (χ0) is 17.8. The summed E-state index contributed by atoms with van der Waals surface area (Å²) < 4.78 is 18.6. The van der Waals surface area contributed by atoms with Crippen molar-refractivity contribution in [1.29, 1.82) is 0 Å². The topological polar surface area (TPSA) is 65.2 Å². The van der Waals surface area contributed by atoms with Crippen LogP contribution in [0.25, 0.3) is 11.1 Å². The van der Waals surface area contributed by atoms with Crippen molar-refractivity contribution in [2.45, 2.75) is 13.5 Å². The first-order chi connectivity index (χ1) is 12.0. The summed E-state index contributed by atoms with van der Waals surface area (Å²) in [5.74, 6) is -0.150. The number of hydrogen-bond acceptors (Lipinski definition) is 3. The van der Waals surface area contributed by atoms with Gasteiger partial charge in [-0.05, 0) is 54.4 Å². The van der Waals surface area contributed by atoms with E-state index in [1.807, 2.05) is 25.1 Å². The first kappa shape index (κ1) is 16.6. The van der Waals surface area contributed by atoms with Crippen LogP contribution in [0.3, 0.4) is 0 Å². The molecule has 2 aromatic carbocycles. The van der Waals surface area contributed by atoms with Gasteiger partial charge in [0.1, 0.15) is 18.2 Å². The number of rotatable bonds is 5. The number of carbonyl (C=O) groups excluding carboxylic acids is 1. The predicted octanol–water partition coefficient (Wildman–Crippen LogP) is 3.87. The third kappa shape index (κ3) is 4.01. The van der Waals surface area contributed by atoms with Crippen LogP contribution >= 0.6 is 0 Å². The third-order valence-corrected chi connectivity index (χ3v) is 3.84. The van der Waals surface area contributed by atoms with Crippen molar-refractivity contribution in [2.75, 3.05) is 0 Å². The van der Waals surface area contributed by atoms with Gasteiger partial charge < -0.3 is 10.5 Å². The largest absolute Gasteiger partial charge is 0.489 e. The van der Waals surface area contributed by atoms with Crippen LogP contribution in [0.1, 0.15) is 21.5 Å². The Balaban J connectivity index is 1.78. The second-order valence-corrected chi connectivity index (χ2v) is 5.72. The van der Waals surface area contributed by atoms with Crippen molar-refractivity contribution >= 4 is 5.91 Å². The second kappa shape index (κ2) is 7.13. The van der Waals surface area contributed by atoms with Crippen LogP contribution in [0.4, 0.5) is 4.39 Å². The molecule has 0 radical (unpaired) electrons. The molecule has 0 aliphatic carbocycles. The monoisotopic (exact) mass is 336 g/mol. The maximum Gasteiger partial charge on any atom is 0.248 e. The minimum Gasteiger partial charge on any atom is -0.489 e. The van der Waals surface area contributed by atoms with Gasteiger partial charge in [-0.3, -0.25) is 9.78 Å². The molecular weight excluding hydrogens is 319 g/mol. The van der Waals surface area contributed by atoms with E-state index in [4.69, 9.17) is 10.5 Å². The van der Waals surface area contributed by atoms with Crippen LogP contribution in [-0.2, 0) is 6.61 Å². The molecule has 0 fully saturated rings. The number of aryl methyl sites for hydroxylation is 1. The molecule has 0 bridgehead atoms. The number of halogens is 1. The lowest BCUT2D eigenvalue weighted by Gasteiger charge is -2.09. The van der Waals surface area contributed by atoms with Crippen molar-refractivity contribution in [2.24, 2.45) is 5.73 Å². The van der Waals surface area contributed by atoms with Gasteiger partial charge in [0, 0.05) is 29.1 Å². The van der Waals surface area contributed by atoms with Crippen LogP contribution in [0, 0.1) is 12.7 Å². The Hall–Kier alpha value is -3.21. The minimum atomic E-state index is -0.441. The Morgan fingerprint density at radius 2 is 1.84 bits per heavy atom. The molecule has 0 unspecified atom stereocenters. The van der Waals surface area contributed by atoms with Gasteiger partial charge in [-0.15, -0.1) is 0 Å². The molecule has 2 N–H and O–H groups in total. The number of nitrogens with two attached hydrogens (primary N) is 1. The number of benzene rings is 2. The quantitative estimate of drug-likeness (QED) is 0.769. The van der Waals surface area contributed by atoms with Crippen LogP contribution in [0.2, 0.25) is 0 Å². The highest BCUT2D eigenvalue weighted by atomic mass is 19.1. The lowest BCUT2D eigenvalue weighted by Crippen LogP contribution is -2.12. The molecule has 4 nitrogen and oxygen atoms in total. The molecule has 0 aliphatic rings. The summed E-state index contributed by atoms with van der Waals surface area (Å²) in [5.41, 5.74) is 9.41. The SMILES string of the molecule is Cc1cc(-c2cncc(COc3ccc(F)cc3)c2)ccc1C(N)=O. The van der Waals surface area contributed by atoms with Crippen molar-refractivity contribution in [3.8, 4) is 16.9 Å². The standard InChI is InChI=1S/C20H17FN2O2/c1-13-8-15(2-7-19(13)20(22)24)16-9-14(10-23-11-16)12-25-18-5-3-17(21)4-6-18/h2-11H,12H2,1H3,(H2,22,24). The first-order valence-corrected chi connectivity index (χ1v) is 7.76. The van der Waals surface area contributed by atoms with Crippen molar-refractivity contribution in [3.63, 3.8) is 0 Å². The fourth-order valence-electron chi connectivity index (χ4n) is 2.54. The predicted molar refractivity (Wildman–Crippen MR) is 93.7 cm³/mol. The van der Waals surface area contributed by atoms with E-state index in [2.05, 4.69) is 4.98 Å². The van der Waals surface area contributed by atoms with Gasteiger partial charge in [-0.2, -0.15) is 0 Å². The third-order valence-electron chi connectivity index (χ3n) is 3.84. The highest BCUT2D eigenvalue weighted by molar-refractivity contribution is 5.94. The summed E-state index contributed by atoms with van der Waals surface area (Å²) in [4.78, 5) is 15.6. The maximum absolute atomic E-state index is 12.9. The number of pyridine rings is 1. The number of carbonyl (C=O) groups is 1. The number of nitrogens with zero attached hydrogens (tertiary/aromatic N) is 1. The van der Waals surface area contributed by atoms with Gasteiger partial charge in [0.25, 0.3) is 0 Å². The van der Waals surface area contributed by atoms with Gasteiger partial charge in [0.15, 0.2) is 0 Å². The van der Waals surface area contributed by atoms with Crippen LogP contribution in [0.5, 0.6) is 5.75 Å². The van der Waals surface area contributed by atoms with Crippen molar-refractivity contribution < 1.29 is 13.9 Å². The Kier molecular flexibility index (Phi) is 4.75. The molecule has 3 aromatic rings. The molecule has 5 heteroatoms. The van der Waals surface area contributed by atoms with Crippen LogP contribution in [0.15, 0.2) is 60.9 Å². The highest BCUT2D eigenvalue weighted by Crippen LogP contribution is 2.23. The molecule has 1 aromatic heterocycles. The average molecular weight is 336 g/mol. The summed E-state index contributed by atoms with van der Waals surface area (Å²) in [6.45, 7) is 2.17. The fraction of sp³-hybridized carbons (Fsp3) is 0.100. The Bertz CT molecular complexity index is 908. The first-order valence-electron chi connectivity index (χ1n) is 7.76. The van der Waals surface area contributed by atoms with E-state index < -0.39 is 5.91 Å². The average Bonchev–Trinajstić information content (AvgIpc) is 2.61. The summed E-state index contributed by atoms with van der Waals surface area (Å²) in [6, 6.07) is 13.3. The van der Waals surface area contributed by atoms with Gasteiger partial charge in [-0.1, -0.05) is 12.1 Å². The molecule has 0 aliphatic heterocycles. The lowest BCUT2D eigenvalue weighted by atomic mass is 10.00. The number of amides is 1. The van der Waals surface area contributed by atoms with E-state index >= 15 is 0 Å². The molecule has 0 spiro atoms. The van der Waals surface area contributed by atoms with Gasteiger partial charge in [0.05, 0.1) is 0 Å². The van der Waals surface area contributed by atoms with Gasteiger partial charge in [-0.25, -0.2) is 4.39 Å². The molecule has 0 saturated heterocycles. The zero-order valence-corrected chi connectivity index (χ0v) is 13.7. The molecule has 0 atom stereocenters. The minimum absolute atomic E-state index is 0.300. The Morgan fingerprint density at radius 3 is 2.52 bits per heavy atom. The van der Waals surface area contributed by atoms with E-state index in [1.165, 1.54) is 12.1 Å². The molecule has 0 saturated carbocycles. The van der Waals surface area contributed by atoms with Gasteiger partial charge >= 0.3 is 0 Å². The van der Waals surface area contributed by atoms with Gasteiger partial charge in [0.2, 0.25) is 5.91 Å². The Morgan fingerprint density at radius 1 is 1.08 bits per heavy atom. The van der Waals surface area contributed by atoms with E-state index in [-0.39, 0.29) is 5.82 Å². The van der Waals surface area contributed by atoms with Crippen molar-refractivity contribution in [1.82, 2.24) is 4.98 Å². The molecule has 3 rings (SSSR count). The summed E-state index contributed by atoms with van der Waals surface area (Å²) in [5, 5.41) is 0. The molecule has 25 heavy (non-hydrogen) atoms.